The van der Waals surface area contributed by atoms with Crippen LogP contribution in [0, 0.1) is 0 Å². The van der Waals surface area contributed by atoms with E-state index in [9.17, 15) is 4.79 Å². The number of rotatable bonds is 4. The molecule has 0 amide bonds. The molecule has 0 fully saturated rings. The zero-order valence-corrected chi connectivity index (χ0v) is 9.19. The van der Waals surface area contributed by atoms with Gasteiger partial charge in [-0.1, -0.05) is 26.0 Å². The van der Waals surface area contributed by atoms with E-state index in [4.69, 9.17) is 10.5 Å². The van der Waals surface area contributed by atoms with E-state index in [1.165, 1.54) is 5.56 Å². The van der Waals surface area contributed by atoms with Crippen molar-refractivity contribution in [2.45, 2.75) is 19.8 Å². The van der Waals surface area contributed by atoms with Gasteiger partial charge in [0, 0.05) is 6.54 Å². The molecule has 0 bridgehead atoms. The molecule has 0 radical (unpaired) electrons. The molecule has 15 heavy (non-hydrogen) atoms. The minimum atomic E-state index is -0.309. The van der Waals surface area contributed by atoms with Crippen molar-refractivity contribution in [2.75, 3.05) is 13.2 Å². The van der Waals surface area contributed by atoms with Gasteiger partial charge in [-0.2, -0.15) is 0 Å². The van der Waals surface area contributed by atoms with Gasteiger partial charge in [0.05, 0.1) is 5.56 Å². The Labute approximate surface area is 90.2 Å². The van der Waals surface area contributed by atoms with E-state index < -0.39 is 0 Å². The first kappa shape index (κ1) is 11.7. The van der Waals surface area contributed by atoms with Crippen LogP contribution in [0.25, 0.3) is 0 Å². The molecule has 3 nitrogen and oxygen atoms in total. The van der Waals surface area contributed by atoms with E-state index in [1.807, 2.05) is 12.1 Å². The summed E-state index contributed by atoms with van der Waals surface area (Å²) in [7, 11) is 0. The molecule has 1 aromatic rings. The lowest BCUT2D eigenvalue weighted by molar-refractivity contribution is 0.0517. The molecular formula is C12H17NO2. The number of esters is 1. The minimum Gasteiger partial charge on any atom is -0.461 e. The van der Waals surface area contributed by atoms with Gasteiger partial charge in [0.2, 0.25) is 0 Å². The molecule has 0 aliphatic heterocycles. The number of hydrogen-bond acceptors (Lipinski definition) is 3. The summed E-state index contributed by atoms with van der Waals surface area (Å²) in [5.41, 5.74) is 7.03. The van der Waals surface area contributed by atoms with Gasteiger partial charge in [0.25, 0.3) is 0 Å². The van der Waals surface area contributed by atoms with Gasteiger partial charge in [0.1, 0.15) is 6.61 Å². The molecule has 0 aliphatic carbocycles. The van der Waals surface area contributed by atoms with Crippen LogP contribution in [0.15, 0.2) is 24.3 Å². The lowest BCUT2D eigenvalue weighted by Gasteiger charge is -2.06. The Morgan fingerprint density at radius 2 is 1.93 bits per heavy atom. The second kappa shape index (κ2) is 5.51. The highest BCUT2D eigenvalue weighted by Gasteiger charge is 2.06. The van der Waals surface area contributed by atoms with Gasteiger partial charge in [-0.25, -0.2) is 4.79 Å². The second-order valence-electron chi connectivity index (χ2n) is 3.70. The average Bonchev–Trinajstić information content (AvgIpc) is 2.26. The lowest BCUT2D eigenvalue weighted by atomic mass is 10.0. The van der Waals surface area contributed by atoms with Crippen molar-refractivity contribution in [1.29, 1.82) is 0 Å². The number of ether oxygens (including phenoxy) is 1. The van der Waals surface area contributed by atoms with Gasteiger partial charge in [-0.3, -0.25) is 0 Å². The summed E-state index contributed by atoms with van der Waals surface area (Å²) in [6.07, 6.45) is 0. The molecule has 0 atom stereocenters. The minimum absolute atomic E-state index is 0.269. The van der Waals surface area contributed by atoms with Crippen molar-refractivity contribution < 1.29 is 9.53 Å². The van der Waals surface area contributed by atoms with Gasteiger partial charge in [-0.15, -0.1) is 0 Å². The maximum atomic E-state index is 11.4. The summed E-state index contributed by atoms with van der Waals surface area (Å²) in [5.74, 6) is 0.162. The summed E-state index contributed by atoms with van der Waals surface area (Å²) in [6.45, 7) is 4.85. The summed E-state index contributed by atoms with van der Waals surface area (Å²) in [5, 5.41) is 0. The van der Waals surface area contributed by atoms with E-state index in [0.29, 0.717) is 18.0 Å². The van der Waals surface area contributed by atoms with Crippen LogP contribution >= 0.6 is 0 Å². The summed E-state index contributed by atoms with van der Waals surface area (Å²) < 4.78 is 4.91. The molecule has 0 aromatic heterocycles. The van der Waals surface area contributed by atoms with Crippen LogP contribution in [0.5, 0.6) is 0 Å². The van der Waals surface area contributed by atoms with Crippen molar-refractivity contribution in [1.82, 2.24) is 0 Å². The van der Waals surface area contributed by atoms with Crippen molar-refractivity contribution >= 4 is 5.97 Å². The molecule has 1 aromatic carbocycles. The summed E-state index contributed by atoms with van der Waals surface area (Å²) in [6, 6.07) is 7.47. The predicted octanol–water partition coefficient (Wildman–Crippen LogP) is 1.93. The van der Waals surface area contributed by atoms with Crippen LogP contribution in [-0.2, 0) is 4.74 Å². The third kappa shape index (κ3) is 3.36. The molecular weight excluding hydrogens is 190 g/mol. The van der Waals surface area contributed by atoms with Gasteiger partial charge < -0.3 is 10.5 Å². The van der Waals surface area contributed by atoms with E-state index in [-0.39, 0.29) is 12.6 Å². The SMILES string of the molecule is CC(C)c1ccc(C(=O)OCCN)cc1. The Morgan fingerprint density at radius 3 is 2.40 bits per heavy atom. The molecule has 1 rings (SSSR count). The monoisotopic (exact) mass is 207 g/mol. The van der Waals surface area contributed by atoms with Crippen LogP contribution in [0.3, 0.4) is 0 Å². The highest BCUT2D eigenvalue weighted by Crippen LogP contribution is 2.14. The van der Waals surface area contributed by atoms with E-state index >= 15 is 0 Å². The molecule has 0 unspecified atom stereocenters. The zero-order chi connectivity index (χ0) is 11.3. The first-order valence-electron chi connectivity index (χ1n) is 5.12. The van der Waals surface area contributed by atoms with Crippen LogP contribution in [0.4, 0.5) is 0 Å². The Balaban J connectivity index is 2.67. The zero-order valence-electron chi connectivity index (χ0n) is 9.19. The Hall–Kier alpha value is -1.35. The molecule has 82 valence electrons. The number of nitrogens with two attached hydrogens (primary N) is 1. The molecule has 0 aliphatic rings. The number of carbonyl (C=O) groups excluding carboxylic acids is 1. The standard InChI is InChI=1S/C12H17NO2/c1-9(2)10-3-5-11(6-4-10)12(14)15-8-7-13/h3-6,9H,7-8,13H2,1-2H3. The fourth-order valence-electron chi connectivity index (χ4n) is 1.24. The molecule has 0 saturated heterocycles. The number of carbonyl (C=O) groups is 1. The lowest BCUT2D eigenvalue weighted by Crippen LogP contribution is -2.13. The van der Waals surface area contributed by atoms with Gasteiger partial charge >= 0.3 is 5.97 Å². The van der Waals surface area contributed by atoms with Crippen molar-refractivity contribution in [2.24, 2.45) is 5.73 Å². The highest BCUT2D eigenvalue weighted by molar-refractivity contribution is 5.89. The topological polar surface area (TPSA) is 52.3 Å². The number of hydrogen-bond donors (Lipinski definition) is 1. The highest BCUT2D eigenvalue weighted by atomic mass is 16.5. The fourth-order valence-corrected chi connectivity index (χ4v) is 1.24. The van der Waals surface area contributed by atoms with Crippen LogP contribution in [0.1, 0.15) is 35.7 Å². The quantitative estimate of drug-likeness (QED) is 0.767. The van der Waals surface area contributed by atoms with Gasteiger partial charge in [-0.05, 0) is 23.6 Å². The van der Waals surface area contributed by atoms with E-state index in [1.54, 1.807) is 12.1 Å². The second-order valence-corrected chi connectivity index (χ2v) is 3.70. The first-order chi connectivity index (χ1) is 7.15. The maximum Gasteiger partial charge on any atom is 0.338 e. The Morgan fingerprint density at radius 1 is 1.33 bits per heavy atom. The molecule has 0 heterocycles. The van der Waals surface area contributed by atoms with Crippen LogP contribution in [0.2, 0.25) is 0 Å². The molecule has 2 N–H and O–H groups in total. The van der Waals surface area contributed by atoms with Gasteiger partial charge in [0.15, 0.2) is 0 Å². The smallest absolute Gasteiger partial charge is 0.338 e. The summed E-state index contributed by atoms with van der Waals surface area (Å²) in [4.78, 5) is 11.4. The normalized spacial score (nSPS) is 10.4. The first-order valence-corrected chi connectivity index (χ1v) is 5.12. The third-order valence-electron chi connectivity index (χ3n) is 2.16. The fraction of sp³-hybridized carbons (Fsp3) is 0.417. The van der Waals surface area contributed by atoms with Crippen LogP contribution < -0.4 is 5.73 Å². The molecule has 0 spiro atoms. The maximum absolute atomic E-state index is 11.4. The summed E-state index contributed by atoms with van der Waals surface area (Å²) >= 11 is 0. The molecule has 3 heteroatoms. The number of benzene rings is 1. The third-order valence-corrected chi connectivity index (χ3v) is 2.16. The average molecular weight is 207 g/mol. The van der Waals surface area contributed by atoms with Crippen molar-refractivity contribution in [3.63, 3.8) is 0 Å². The van der Waals surface area contributed by atoms with Crippen LogP contribution in [-0.4, -0.2) is 19.1 Å². The Kier molecular flexibility index (Phi) is 4.31. The predicted molar refractivity (Wildman–Crippen MR) is 59.9 cm³/mol. The van der Waals surface area contributed by atoms with E-state index in [2.05, 4.69) is 13.8 Å². The van der Waals surface area contributed by atoms with Crippen molar-refractivity contribution in [3.05, 3.63) is 35.4 Å². The molecule has 0 saturated carbocycles. The largest absolute Gasteiger partial charge is 0.461 e. The van der Waals surface area contributed by atoms with E-state index in [0.717, 1.165) is 0 Å². The Bertz CT molecular complexity index is 317. The van der Waals surface area contributed by atoms with Crippen molar-refractivity contribution in [3.8, 4) is 0 Å².